The second-order valence-corrected chi connectivity index (χ2v) is 5.40. The molecule has 1 aliphatic heterocycles. The minimum atomic E-state index is -0.891. The first-order valence-corrected chi connectivity index (χ1v) is 6.95. The average molecular weight is 301 g/mol. The van der Waals surface area contributed by atoms with Gasteiger partial charge in [0, 0.05) is 20.8 Å². The first kappa shape index (κ1) is 17.4. The Bertz CT molecular complexity index is 408. The van der Waals surface area contributed by atoms with Gasteiger partial charge in [0.25, 0.3) is 0 Å². The Hall–Kier alpha value is -1.63. The van der Waals surface area contributed by atoms with Gasteiger partial charge >= 0.3 is 11.9 Å². The van der Waals surface area contributed by atoms with Crippen LogP contribution in [-0.4, -0.2) is 42.9 Å². The lowest BCUT2D eigenvalue weighted by molar-refractivity contribution is -0.238. The van der Waals surface area contributed by atoms with Crippen LogP contribution in [0, 0.1) is 11.8 Å². The highest BCUT2D eigenvalue weighted by atomic mass is 16.7. The number of amides is 1. The summed E-state index contributed by atoms with van der Waals surface area (Å²) in [4.78, 5) is 33.4. The predicted molar refractivity (Wildman–Crippen MR) is 73.0 cm³/mol. The Kier molecular flexibility index (Phi) is 6.14. The van der Waals surface area contributed by atoms with E-state index in [4.69, 9.17) is 14.2 Å². The summed E-state index contributed by atoms with van der Waals surface area (Å²) in [6.45, 7) is 7.96. The lowest BCUT2D eigenvalue weighted by Gasteiger charge is -2.43. The number of esters is 2. The van der Waals surface area contributed by atoms with Gasteiger partial charge < -0.3 is 19.5 Å². The third-order valence-corrected chi connectivity index (χ3v) is 3.69. The van der Waals surface area contributed by atoms with Gasteiger partial charge in [-0.15, -0.1) is 0 Å². The molecule has 1 aliphatic rings. The van der Waals surface area contributed by atoms with Crippen LogP contribution in [0.15, 0.2) is 0 Å². The van der Waals surface area contributed by atoms with Gasteiger partial charge in [-0.2, -0.15) is 0 Å². The maximum atomic E-state index is 11.3. The molecule has 5 atom stereocenters. The van der Waals surface area contributed by atoms with Crippen LogP contribution in [0.3, 0.4) is 0 Å². The van der Waals surface area contributed by atoms with E-state index in [0.717, 1.165) is 0 Å². The molecular weight excluding hydrogens is 278 g/mol. The van der Waals surface area contributed by atoms with Crippen molar-refractivity contribution in [1.29, 1.82) is 0 Å². The average Bonchev–Trinajstić information content (AvgIpc) is 2.35. The zero-order chi connectivity index (χ0) is 16.2. The molecule has 1 heterocycles. The molecule has 21 heavy (non-hydrogen) atoms. The van der Waals surface area contributed by atoms with E-state index in [0.29, 0.717) is 0 Å². The third kappa shape index (κ3) is 5.00. The highest BCUT2D eigenvalue weighted by molar-refractivity contribution is 5.73. The number of hydrogen-bond acceptors (Lipinski definition) is 6. The molecule has 7 heteroatoms. The molecule has 120 valence electrons. The minimum absolute atomic E-state index is 0.00689. The van der Waals surface area contributed by atoms with Crippen molar-refractivity contribution in [2.24, 2.45) is 11.8 Å². The molecule has 0 saturated carbocycles. The van der Waals surface area contributed by atoms with Crippen LogP contribution in [0.4, 0.5) is 0 Å². The van der Waals surface area contributed by atoms with Gasteiger partial charge in [0.15, 0.2) is 0 Å². The van der Waals surface area contributed by atoms with Crippen LogP contribution in [0.1, 0.15) is 34.6 Å². The highest BCUT2D eigenvalue weighted by Crippen LogP contribution is 2.31. The van der Waals surface area contributed by atoms with Gasteiger partial charge in [0.2, 0.25) is 12.2 Å². The van der Waals surface area contributed by atoms with Crippen LogP contribution in [0.25, 0.3) is 0 Å². The second kappa shape index (κ2) is 7.40. The zero-order valence-corrected chi connectivity index (χ0v) is 13.0. The molecule has 1 fully saturated rings. The fourth-order valence-corrected chi connectivity index (χ4v) is 2.38. The first-order valence-electron chi connectivity index (χ1n) is 6.95. The van der Waals surface area contributed by atoms with Crippen molar-refractivity contribution in [2.45, 2.75) is 53.1 Å². The van der Waals surface area contributed by atoms with E-state index in [1.165, 1.54) is 20.8 Å². The molecule has 1 N–H and O–H groups in total. The lowest BCUT2D eigenvalue weighted by Crippen LogP contribution is -2.58. The molecule has 0 aromatic carbocycles. The predicted octanol–water partition coefficient (Wildman–Crippen LogP) is 0.614. The number of hydrogen-bond donors (Lipinski definition) is 1. The Morgan fingerprint density at radius 2 is 1.67 bits per heavy atom. The van der Waals surface area contributed by atoms with Crippen LogP contribution >= 0.6 is 0 Å². The van der Waals surface area contributed by atoms with Crippen molar-refractivity contribution in [3.63, 3.8) is 0 Å². The summed E-state index contributed by atoms with van der Waals surface area (Å²) < 4.78 is 15.8. The molecule has 0 spiro atoms. The summed E-state index contributed by atoms with van der Waals surface area (Å²) in [5, 5.41) is 2.75. The van der Waals surface area contributed by atoms with Crippen molar-refractivity contribution in [3.8, 4) is 0 Å². The topological polar surface area (TPSA) is 90.9 Å². The number of nitrogens with one attached hydrogen (secondary N) is 1. The number of rotatable bonds is 4. The molecule has 0 aromatic heterocycles. The SMILES string of the molecule is CC(=O)NC1[C@H](OC(C)=O)OC(COC(C)=O)[C@@H](C)[C@@H]1C. The number of carbonyl (C=O) groups is 3. The molecule has 2 unspecified atom stereocenters. The lowest BCUT2D eigenvalue weighted by atomic mass is 9.82. The van der Waals surface area contributed by atoms with E-state index in [-0.39, 0.29) is 24.3 Å². The van der Waals surface area contributed by atoms with E-state index >= 15 is 0 Å². The molecule has 1 rings (SSSR count). The third-order valence-electron chi connectivity index (χ3n) is 3.69. The van der Waals surface area contributed by atoms with E-state index in [1.54, 1.807) is 0 Å². The summed E-state index contributed by atoms with van der Waals surface area (Å²) in [6, 6.07) is -0.435. The van der Waals surface area contributed by atoms with Gasteiger partial charge in [-0.3, -0.25) is 14.4 Å². The first-order chi connectivity index (χ1) is 9.72. The van der Waals surface area contributed by atoms with E-state index < -0.39 is 30.4 Å². The maximum absolute atomic E-state index is 11.3. The Labute approximate surface area is 124 Å². The largest absolute Gasteiger partial charge is 0.463 e. The summed E-state index contributed by atoms with van der Waals surface area (Å²) in [5.41, 5.74) is 0. The standard InChI is InChI=1S/C14H23NO6/c1-7-8(2)13(15-9(3)16)14(20-11(5)18)21-12(7)6-19-10(4)17/h7-8,12-14H,6H2,1-5H3,(H,15,16)/t7-,8-,12?,13?,14+/m0/s1. The van der Waals surface area contributed by atoms with Crippen molar-refractivity contribution < 1.29 is 28.6 Å². The molecule has 1 saturated heterocycles. The van der Waals surface area contributed by atoms with Gasteiger partial charge in [0.05, 0.1) is 12.1 Å². The van der Waals surface area contributed by atoms with Crippen LogP contribution in [0.2, 0.25) is 0 Å². The minimum Gasteiger partial charge on any atom is -0.463 e. The number of ether oxygens (including phenoxy) is 3. The summed E-state index contributed by atoms with van der Waals surface area (Å²) >= 11 is 0. The monoisotopic (exact) mass is 301 g/mol. The van der Waals surface area contributed by atoms with Crippen LogP contribution in [-0.2, 0) is 28.6 Å². The van der Waals surface area contributed by atoms with Gasteiger partial charge in [-0.05, 0) is 11.8 Å². The fraction of sp³-hybridized carbons (Fsp3) is 0.786. The Morgan fingerprint density at radius 3 is 2.14 bits per heavy atom. The molecule has 0 aromatic rings. The molecule has 0 radical (unpaired) electrons. The normalized spacial score (nSPS) is 32.1. The van der Waals surface area contributed by atoms with E-state index in [2.05, 4.69) is 5.32 Å². The van der Waals surface area contributed by atoms with Crippen molar-refractivity contribution >= 4 is 17.8 Å². The van der Waals surface area contributed by atoms with Gasteiger partial charge in [-0.25, -0.2) is 0 Å². The van der Waals surface area contributed by atoms with Gasteiger partial charge in [-0.1, -0.05) is 13.8 Å². The Morgan fingerprint density at radius 1 is 1.05 bits per heavy atom. The fourth-order valence-electron chi connectivity index (χ4n) is 2.38. The number of carbonyl (C=O) groups excluding carboxylic acids is 3. The molecule has 0 bridgehead atoms. The summed E-state index contributed by atoms with van der Waals surface area (Å²) in [6.07, 6.45) is -1.28. The van der Waals surface area contributed by atoms with Crippen molar-refractivity contribution in [1.82, 2.24) is 5.32 Å². The summed E-state index contributed by atoms with van der Waals surface area (Å²) in [7, 11) is 0. The molecule has 0 aliphatic carbocycles. The smallest absolute Gasteiger partial charge is 0.305 e. The van der Waals surface area contributed by atoms with Gasteiger partial charge in [0.1, 0.15) is 6.61 Å². The van der Waals surface area contributed by atoms with Crippen molar-refractivity contribution in [3.05, 3.63) is 0 Å². The van der Waals surface area contributed by atoms with E-state index in [9.17, 15) is 14.4 Å². The Balaban J connectivity index is 2.84. The quantitative estimate of drug-likeness (QED) is 0.765. The second-order valence-electron chi connectivity index (χ2n) is 5.40. The zero-order valence-electron chi connectivity index (χ0n) is 13.0. The molecule has 7 nitrogen and oxygen atoms in total. The maximum Gasteiger partial charge on any atom is 0.305 e. The summed E-state index contributed by atoms with van der Waals surface area (Å²) in [5.74, 6) is -1.10. The van der Waals surface area contributed by atoms with E-state index in [1.807, 2.05) is 13.8 Å². The van der Waals surface area contributed by atoms with Crippen LogP contribution in [0.5, 0.6) is 0 Å². The van der Waals surface area contributed by atoms with Crippen molar-refractivity contribution in [2.75, 3.05) is 6.61 Å². The van der Waals surface area contributed by atoms with Crippen LogP contribution < -0.4 is 5.32 Å². The molecule has 1 amide bonds. The highest BCUT2D eigenvalue weighted by Gasteiger charge is 2.43. The molecular formula is C14H23NO6.